The Balaban J connectivity index is 2.44. The zero-order valence-electron chi connectivity index (χ0n) is 11.6. The summed E-state index contributed by atoms with van der Waals surface area (Å²) in [6.45, 7) is 5.81. The number of ketones is 1. The molecule has 4 nitrogen and oxygen atoms in total. The van der Waals surface area contributed by atoms with E-state index in [1.807, 2.05) is 0 Å². The molecule has 0 spiro atoms. The number of rotatable bonds is 7. The van der Waals surface area contributed by atoms with Crippen molar-refractivity contribution in [1.29, 1.82) is 0 Å². The summed E-state index contributed by atoms with van der Waals surface area (Å²) < 4.78 is 10.3. The molecule has 0 aliphatic heterocycles. The molecule has 1 aromatic carbocycles. The summed E-state index contributed by atoms with van der Waals surface area (Å²) in [4.78, 5) is 22.8. The quantitative estimate of drug-likeness (QED) is 0.561. The summed E-state index contributed by atoms with van der Waals surface area (Å²) in [5, 5.41) is 0. The Morgan fingerprint density at radius 2 is 1.89 bits per heavy atom. The normalized spacial score (nSPS) is 10.3. The van der Waals surface area contributed by atoms with Crippen LogP contribution in [0.4, 0.5) is 0 Å². The molecule has 4 heteroatoms. The van der Waals surface area contributed by atoms with Gasteiger partial charge in [0, 0.05) is 0 Å². The number of carbonyl (C=O) groups excluding carboxylic acids is 2. The molecule has 1 rings (SSSR count). The minimum Gasteiger partial charge on any atom is -0.481 e. The molecule has 19 heavy (non-hydrogen) atoms. The van der Waals surface area contributed by atoms with Gasteiger partial charge in [-0.2, -0.15) is 0 Å². The number of hydrogen-bond donors (Lipinski definition) is 0. The third kappa shape index (κ3) is 5.55. The number of benzene rings is 1. The van der Waals surface area contributed by atoms with Gasteiger partial charge < -0.3 is 9.47 Å². The second kappa shape index (κ2) is 7.56. The van der Waals surface area contributed by atoms with Crippen molar-refractivity contribution >= 4 is 11.8 Å². The molecule has 0 aliphatic carbocycles. The number of ether oxygens (including phenoxy) is 2. The van der Waals surface area contributed by atoms with Gasteiger partial charge in [0.2, 0.25) is 0 Å². The molecular formula is C15H20O4. The van der Waals surface area contributed by atoms with E-state index in [4.69, 9.17) is 9.47 Å². The van der Waals surface area contributed by atoms with Gasteiger partial charge in [-0.05, 0) is 31.4 Å². The van der Waals surface area contributed by atoms with Crippen LogP contribution in [0.25, 0.3) is 0 Å². The molecule has 104 valence electrons. The molecule has 0 amide bonds. The van der Waals surface area contributed by atoms with Crippen LogP contribution in [0.15, 0.2) is 24.3 Å². The minimum absolute atomic E-state index is 0.0937. The fourth-order valence-corrected chi connectivity index (χ4v) is 1.47. The van der Waals surface area contributed by atoms with Crippen LogP contribution in [0.2, 0.25) is 0 Å². The first-order chi connectivity index (χ1) is 9.00. The fourth-order valence-electron chi connectivity index (χ4n) is 1.47. The van der Waals surface area contributed by atoms with Gasteiger partial charge in [-0.25, -0.2) is 4.79 Å². The molecule has 0 heterocycles. The number of hydrogen-bond acceptors (Lipinski definition) is 4. The van der Waals surface area contributed by atoms with Gasteiger partial charge in [-0.3, -0.25) is 4.79 Å². The van der Waals surface area contributed by atoms with Crippen molar-refractivity contribution in [2.24, 2.45) is 5.92 Å². The molecule has 0 aliphatic rings. The van der Waals surface area contributed by atoms with Gasteiger partial charge in [0.05, 0.1) is 12.2 Å². The van der Waals surface area contributed by atoms with Crippen molar-refractivity contribution in [2.45, 2.75) is 27.2 Å². The van der Waals surface area contributed by atoms with Crippen molar-refractivity contribution in [3.05, 3.63) is 29.8 Å². The topological polar surface area (TPSA) is 52.6 Å². The van der Waals surface area contributed by atoms with Crippen LogP contribution in [0.3, 0.4) is 0 Å². The number of Topliss-reactive ketones (excluding diaryl/α,β-unsaturated/α-hetero) is 1. The SMILES string of the molecule is CC(=O)c1ccccc1OCC(=O)OCCC(C)C. The monoisotopic (exact) mass is 264 g/mol. The Morgan fingerprint density at radius 3 is 2.53 bits per heavy atom. The van der Waals surface area contributed by atoms with Crippen LogP contribution < -0.4 is 4.74 Å². The Labute approximate surface area is 113 Å². The summed E-state index contributed by atoms with van der Waals surface area (Å²) >= 11 is 0. The lowest BCUT2D eigenvalue weighted by Crippen LogP contribution is -2.17. The van der Waals surface area contributed by atoms with Crippen LogP contribution in [0.1, 0.15) is 37.6 Å². The van der Waals surface area contributed by atoms with Crippen molar-refractivity contribution in [3.8, 4) is 5.75 Å². The van der Waals surface area contributed by atoms with E-state index < -0.39 is 5.97 Å². The van der Waals surface area contributed by atoms with E-state index in [0.717, 1.165) is 6.42 Å². The third-order valence-corrected chi connectivity index (χ3v) is 2.57. The Hall–Kier alpha value is -1.84. The Kier molecular flexibility index (Phi) is 6.06. The molecule has 0 N–H and O–H groups in total. The molecule has 1 aromatic rings. The van der Waals surface area contributed by atoms with E-state index in [-0.39, 0.29) is 12.4 Å². The summed E-state index contributed by atoms with van der Waals surface area (Å²) in [5.74, 6) is 0.394. The highest BCUT2D eigenvalue weighted by Crippen LogP contribution is 2.18. The van der Waals surface area contributed by atoms with Crippen LogP contribution in [-0.2, 0) is 9.53 Å². The first-order valence-electron chi connectivity index (χ1n) is 6.39. The van der Waals surface area contributed by atoms with Crippen LogP contribution in [0, 0.1) is 5.92 Å². The van der Waals surface area contributed by atoms with E-state index >= 15 is 0 Å². The highest BCUT2D eigenvalue weighted by molar-refractivity contribution is 5.96. The molecule has 0 aromatic heterocycles. The van der Waals surface area contributed by atoms with Gasteiger partial charge in [0.25, 0.3) is 0 Å². The number of para-hydroxylation sites is 1. The Bertz CT molecular complexity index is 438. The number of esters is 1. The second-order valence-corrected chi connectivity index (χ2v) is 4.74. The first-order valence-corrected chi connectivity index (χ1v) is 6.39. The average molecular weight is 264 g/mol. The maximum Gasteiger partial charge on any atom is 0.344 e. The Morgan fingerprint density at radius 1 is 1.21 bits per heavy atom. The summed E-state index contributed by atoms with van der Waals surface area (Å²) in [5.41, 5.74) is 0.470. The van der Waals surface area contributed by atoms with Crippen molar-refractivity contribution in [1.82, 2.24) is 0 Å². The standard InChI is InChI=1S/C15H20O4/c1-11(2)8-9-18-15(17)10-19-14-7-5-4-6-13(14)12(3)16/h4-7,11H,8-10H2,1-3H3. The summed E-state index contributed by atoms with van der Waals surface area (Å²) in [6, 6.07) is 6.84. The first kappa shape index (κ1) is 15.2. The lowest BCUT2D eigenvalue weighted by atomic mass is 10.1. The minimum atomic E-state index is -0.418. The van der Waals surface area contributed by atoms with Gasteiger partial charge in [-0.1, -0.05) is 26.0 Å². The smallest absolute Gasteiger partial charge is 0.344 e. The highest BCUT2D eigenvalue weighted by atomic mass is 16.6. The van der Waals surface area contributed by atoms with Crippen LogP contribution in [0.5, 0.6) is 5.75 Å². The molecule has 0 saturated heterocycles. The fraction of sp³-hybridized carbons (Fsp3) is 0.467. The van der Waals surface area contributed by atoms with Crippen LogP contribution >= 0.6 is 0 Å². The van der Waals surface area contributed by atoms with Crippen molar-refractivity contribution in [2.75, 3.05) is 13.2 Å². The highest BCUT2D eigenvalue weighted by Gasteiger charge is 2.10. The number of carbonyl (C=O) groups is 2. The van der Waals surface area contributed by atoms with E-state index in [0.29, 0.717) is 23.8 Å². The zero-order chi connectivity index (χ0) is 14.3. The molecule has 0 radical (unpaired) electrons. The molecule has 0 atom stereocenters. The molecule has 0 saturated carbocycles. The summed E-state index contributed by atoms with van der Waals surface area (Å²) in [6.07, 6.45) is 0.829. The van der Waals surface area contributed by atoms with E-state index in [1.165, 1.54) is 6.92 Å². The zero-order valence-corrected chi connectivity index (χ0v) is 11.6. The molecule has 0 fully saturated rings. The average Bonchev–Trinajstić information content (AvgIpc) is 2.36. The van der Waals surface area contributed by atoms with E-state index in [2.05, 4.69) is 13.8 Å². The molecule has 0 bridgehead atoms. The van der Waals surface area contributed by atoms with Crippen molar-refractivity contribution in [3.63, 3.8) is 0 Å². The van der Waals surface area contributed by atoms with E-state index in [9.17, 15) is 9.59 Å². The largest absolute Gasteiger partial charge is 0.481 e. The van der Waals surface area contributed by atoms with Gasteiger partial charge in [0.1, 0.15) is 5.75 Å². The maximum atomic E-state index is 11.4. The van der Waals surface area contributed by atoms with Gasteiger partial charge >= 0.3 is 5.97 Å². The van der Waals surface area contributed by atoms with Crippen molar-refractivity contribution < 1.29 is 19.1 Å². The lowest BCUT2D eigenvalue weighted by Gasteiger charge is -2.10. The third-order valence-electron chi connectivity index (χ3n) is 2.57. The summed E-state index contributed by atoms with van der Waals surface area (Å²) in [7, 11) is 0. The molecule has 0 unspecified atom stereocenters. The maximum absolute atomic E-state index is 11.4. The van der Waals surface area contributed by atoms with Gasteiger partial charge in [-0.15, -0.1) is 0 Å². The van der Waals surface area contributed by atoms with E-state index in [1.54, 1.807) is 24.3 Å². The lowest BCUT2D eigenvalue weighted by molar-refractivity contribution is -0.146. The predicted molar refractivity (Wildman–Crippen MR) is 72.4 cm³/mol. The second-order valence-electron chi connectivity index (χ2n) is 4.74. The molecular weight excluding hydrogens is 244 g/mol. The van der Waals surface area contributed by atoms with Crippen LogP contribution in [-0.4, -0.2) is 25.0 Å². The van der Waals surface area contributed by atoms with Gasteiger partial charge in [0.15, 0.2) is 12.4 Å². The predicted octanol–water partition coefficient (Wildman–Crippen LogP) is 2.86.